The van der Waals surface area contributed by atoms with Crippen LogP contribution in [0.1, 0.15) is 22.8 Å². The molecule has 0 spiro atoms. The van der Waals surface area contributed by atoms with Crippen LogP contribution in [0.5, 0.6) is 0 Å². The molecule has 0 radical (unpaired) electrons. The van der Waals surface area contributed by atoms with E-state index in [1.807, 2.05) is 22.7 Å². The van der Waals surface area contributed by atoms with Gasteiger partial charge in [-0.25, -0.2) is 9.97 Å². The molecule has 6 aromatic heterocycles. The molecule has 0 aliphatic carbocycles. The number of fused-ring (bicyclic) bond motifs is 11. The lowest BCUT2D eigenvalue weighted by molar-refractivity contribution is 1.31. The van der Waals surface area contributed by atoms with Crippen LogP contribution in [0.25, 0.3) is 109 Å². The normalized spacial score (nSPS) is 12.5. The number of hydrogen-bond donors (Lipinski definition) is 2. The molecule has 0 saturated carbocycles. The predicted molar refractivity (Wildman–Crippen MR) is 221 cm³/mol. The topological polar surface area (TPSA) is 57.4 Å². The Labute approximate surface area is 304 Å². The van der Waals surface area contributed by atoms with E-state index in [0.717, 1.165) is 50.4 Å². The summed E-state index contributed by atoms with van der Waals surface area (Å²) >= 11 is 5.43. The number of hydrogen-bond acceptors (Lipinski definition) is 5. The highest BCUT2D eigenvalue weighted by molar-refractivity contribution is 7.23. The molecule has 2 N–H and O–H groups in total. The minimum absolute atomic E-state index is 0.902. The van der Waals surface area contributed by atoms with Crippen LogP contribution >= 0.6 is 34.0 Å². The number of nitrogens with one attached hydrogen (secondary N) is 2. The van der Waals surface area contributed by atoms with Gasteiger partial charge in [-0.05, 0) is 101 Å². The molecule has 0 unspecified atom stereocenters. The van der Waals surface area contributed by atoms with Crippen LogP contribution in [-0.4, -0.2) is 19.9 Å². The summed E-state index contributed by atoms with van der Waals surface area (Å²) in [7, 11) is 0. The van der Waals surface area contributed by atoms with Crippen LogP contribution in [0.3, 0.4) is 0 Å². The van der Waals surface area contributed by atoms with Gasteiger partial charge in [-0.3, -0.25) is 0 Å². The van der Waals surface area contributed by atoms with Crippen molar-refractivity contribution in [3.63, 3.8) is 0 Å². The fraction of sp³-hybridized carbons (Fsp3) is 0. The highest BCUT2D eigenvalue weighted by atomic mass is 32.1. The number of aromatic amines is 2. The molecule has 2 aliphatic rings. The quantitative estimate of drug-likeness (QED) is 0.192. The van der Waals surface area contributed by atoms with Gasteiger partial charge in [-0.1, -0.05) is 54.6 Å². The number of H-pyrrole nitrogens is 2. The molecule has 9 aromatic rings. The molecular weight excluding hydrogens is 681 g/mol. The van der Waals surface area contributed by atoms with Crippen LogP contribution in [0.4, 0.5) is 0 Å². The van der Waals surface area contributed by atoms with Crippen LogP contribution in [0, 0.1) is 0 Å². The first-order valence-corrected chi connectivity index (χ1v) is 19.3. The first kappa shape index (κ1) is 28.9. The number of benzene rings is 3. The van der Waals surface area contributed by atoms with Gasteiger partial charge < -0.3 is 9.97 Å². The van der Waals surface area contributed by atoms with Crippen molar-refractivity contribution < 1.29 is 0 Å². The third-order valence-electron chi connectivity index (χ3n) is 9.62. The minimum Gasteiger partial charge on any atom is -0.355 e. The van der Waals surface area contributed by atoms with E-state index in [0.29, 0.717) is 0 Å². The van der Waals surface area contributed by atoms with Crippen LogP contribution in [0.2, 0.25) is 0 Å². The monoisotopic (exact) mass is 706 g/mol. The van der Waals surface area contributed by atoms with E-state index in [2.05, 4.69) is 155 Å². The Balaban J connectivity index is 1.28. The van der Waals surface area contributed by atoms with Crippen molar-refractivity contribution in [2.75, 3.05) is 0 Å². The van der Waals surface area contributed by atoms with Crippen molar-refractivity contribution >= 4 is 111 Å². The van der Waals surface area contributed by atoms with E-state index in [-0.39, 0.29) is 0 Å². The molecule has 0 fully saturated rings. The SMILES string of the molecule is C1=Cc2cc3[nH]c(cc4nc(c(-c5csc6ccccc56)c5ccc(cc1n2)[nH]5)C=C4)c(-c1cc2ccccc2s1)c3-c1cc2ccccc2s1. The number of thiophene rings is 3. The van der Waals surface area contributed by atoms with Gasteiger partial charge in [-0.15, -0.1) is 34.0 Å². The van der Waals surface area contributed by atoms with E-state index in [1.165, 1.54) is 56.7 Å². The second-order valence-electron chi connectivity index (χ2n) is 12.8. The first-order chi connectivity index (χ1) is 25.2. The molecule has 240 valence electrons. The summed E-state index contributed by atoms with van der Waals surface area (Å²) in [5, 5.41) is 5.98. The molecule has 2 aliphatic heterocycles. The standard InChI is InChI=1S/C44H26N4S3/c1-4-10-37-25(7-1)19-40(50-37)43-35-22-29-14-13-27(45-29)21-28-15-17-33(46-28)42(32-24-49-39-12-6-3-9-31(32)39)34-18-16-30(47-34)23-36(48-35)44(43)41-20-26-8-2-5-11-38(26)51-41/h1-24,46,48H. The van der Waals surface area contributed by atoms with Crippen molar-refractivity contribution in [1.82, 2.24) is 19.9 Å². The molecular formula is C44H26N4S3. The minimum atomic E-state index is 0.902. The zero-order valence-electron chi connectivity index (χ0n) is 27.0. The summed E-state index contributed by atoms with van der Waals surface area (Å²) in [6, 6.07) is 41.4. The molecule has 4 nitrogen and oxygen atoms in total. The van der Waals surface area contributed by atoms with Gasteiger partial charge in [0.1, 0.15) is 0 Å². The van der Waals surface area contributed by atoms with Crippen molar-refractivity contribution in [1.29, 1.82) is 0 Å². The summed E-state index contributed by atoms with van der Waals surface area (Å²) in [6.07, 6.45) is 8.49. The fourth-order valence-electron chi connectivity index (χ4n) is 7.32. The van der Waals surface area contributed by atoms with E-state index in [4.69, 9.17) is 9.97 Å². The Kier molecular flexibility index (Phi) is 6.43. The van der Waals surface area contributed by atoms with Gasteiger partial charge >= 0.3 is 0 Å². The van der Waals surface area contributed by atoms with E-state index < -0.39 is 0 Å². The maximum absolute atomic E-state index is 5.32. The summed E-state index contributed by atoms with van der Waals surface area (Å²) < 4.78 is 3.80. The molecule has 0 saturated heterocycles. The van der Waals surface area contributed by atoms with Crippen molar-refractivity contribution in [3.8, 4) is 32.0 Å². The fourth-order valence-corrected chi connectivity index (χ4v) is 10.5. The zero-order chi connectivity index (χ0) is 33.5. The molecule has 51 heavy (non-hydrogen) atoms. The Morgan fingerprint density at radius 1 is 0.471 bits per heavy atom. The van der Waals surface area contributed by atoms with Gasteiger partial charge in [0.2, 0.25) is 0 Å². The summed E-state index contributed by atoms with van der Waals surface area (Å²) in [4.78, 5) is 20.4. The van der Waals surface area contributed by atoms with Crippen molar-refractivity contribution in [3.05, 3.63) is 143 Å². The van der Waals surface area contributed by atoms with Gasteiger partial charge in [0.25, 0.3) is 0 Å². The third-order valence-corrected chi connectivity index (χ3v) is 12.8. The Bertz CT molecular complexity index is 3040. The smallest absolute Gasteiger partial charge is 0.0737 e. The maximum Gasteiger partial charge on any atom is 0.0737 e. The average molecular weight is 707 g/mol. The zero-order valence-corrected chi connectivity index (χ0v) is 29.4. The molecule has 3 aromatic carbocycles. The Hall–Kier alpha value is -5.86. The number of rotatable bonds is 3. The molecule has 8 bridgehead atoms. The first-order valence-electron chi connectivity index (χ1n) is 16.8. The lowest BCUT2D eigenvalue weighted by atomic mass is 10.0. The van der Waals surface area contributed by atoms with Crippen LogP contribution < -0.4 is 0 Å². The average Bonchev–Trinajstić information content (AvgIpc) is 3.99. The Morgan fingerprint density at radius 2 is 1.08 bits per heavy atom. The molecule has 11 rings (SSSR count). The van der Waals surface area contributed by atoms with Gasteiger partial charge in [0.05, 0.1) is 33.8 Å². The van der Waals surface area contributed by atoms with Gasteiger partial charge in [0, 0.05) is 62.5 Å². The lowest BCUT2D eigenvalue weighted by Gasteiger charge is -2.03. The van der Waals surface area contributed by atoms with E-state index in [1.54, 1.807) is 11.3 Å². The lowest BCUT2D eigenvalue weighted by Crippen LogP contribution is -1.84. The number of aromatic nitrogens is 4. The highest BCUT2D eigenvalue weighted by Crippen LogP contribution is 2.47. The van der Waals surface area contributed by atoms with Gasteiger partial charge in [0.15, 0.2) is 0 Å². The second kappa shape index (κ2) is 11.3. The van der Waals surface area contributed by atoms with Gasteiger partial charge in [-0.2, -0.15) is 0 Å². The van der Waals surface area contributed by atoms with Crippen molar-refractivity contribution in [2.45, 2.75) is 0 Å². The molecule has 7 heteroatoms. The van der Waals surface area contributed by atoms with E-state index >= 15 is 0 Å². The second-order valence-corrected chi connectivity index (χ2v) is 15.9. The third kappa shape index (κ3) is 4.85. The molecule has 8 heterocycles. The largest absolute Gasteiger partial charge is 0.355 e. The van der Waals surface area contributed by atoms with E-state index in [9.17, 15) is 0 Å². The summed E-state index contributed by atoms with van der Waals surface area (Å²) in [5.41, 5.74) is 12.4. The maximum atomic E-state index is 5.32. The molecule has 0 amide bonds. The van der Waals surface area contributed by atoms with Crippen LogP contribution in [0.15, 0.2) is 121 Å². The van der Waals surface area contributed by atoms with Crippen LogP contribution in [-0.2, 0) is 0 Å². The highest BCUT2D eigenvalue weighted by Gasteiger charge is 2.21. The van der Waals surface area contributed by atoms with Crippen molar-refractivity contribution in [2.24, 2.45) is 0 Å². The molecule has 0 atom stereocenters. The Morgan fingerprint density at radius 3 is 1.78 bits per heavy atom. The predicted octanol–water partition coefficient (Wildman–Crippen LogP) is 13.3. The summed E-state index contributed by atoms with van der Waals surface area (Å²) in [6.45, 7) is 0. The number of nitrogens with zero attached hydrogens (tertiary/aromatic N) is 2. The summed E-state index contributed by atoms with van der Waals surface area (Å²) in [5.74, 6) is 0.